The molecule has 1 N–H and O–H groups in total. The van der Waals surface area contributed by atoms with Crippen LogP contribution in [-0.2, 0) is 24.0 Å². The average molecular weight is 299 g/mol. The van der Waals surface area contributed by atoms with E-state index in [1.807, 2.05) is 14.0 Å². The molecular formula is C15H23F2N3O. The Morgan fingerprint density at radius 3 is 2.90 bits per heavy atom. The summed E-state index contributed by atoms with van der Waals surface area (Å²) in [7, 11) is 1.97. The van der Waals surface area contributed by atoms with Gasteiger partial charge in [-0.15, -0.1) is 0 Å². The number of aryl methyl sites for hydroxylation is 2. The van der Waals surface area contributed by atoms with E-state index in [0.29, 0.717) is 18.2 Å². The smallest absolute Gasteiger partial charge is 0.261 e. The topological polar surface area (TPSA) is 47.0 Å². The molecule has 1 aromatic heterocycles. The molecule has 0 saturated carbocycles. The molecule has 1 aliphatic carbocycles. The minimum Gasteiger partial charge on any atom is -0.375 e. The van der Waals surface area contributed by atoms with Crippen molar-refractivity contribution in [2.45, 2.75) is 39.0 Å². The van der Waals surface area contributed by atoms with Crippen molar-refractivity contribution in [3.8, 4) is 0 Å². The van der Waals surface area contributed by atoms with Crippen molar-refractivity contribution in [1.29, 1.82) is 0 Å². The van der Waals surface area contributed by atoms with Gasteiger partial charge in [0.05, 0.1) is 6.61 Å². The fourth-order valence-electron chi connectivity index (χ4n) is 2.83. The van der Waals surface area contributed by atoms with Crippen molar-refractivity contribution >= 4 is 0 Å². The third kappa shape index (κ3) is 4.68. The molecule has 21 heavy (non-hydrogen) atoms. The molecule has 0 amide bonds. The van der Waals surface area contributed by atoms with Crippen molar-refractivity contribution in [2.75, 3.05) is 26.8 Å². The first-order chi connectivity index (χ1) is 10.1. The number of fused-ring (bicyclic) bond motifs is 1. The number of hydrogen-bond donors (Lipinski definition) is 1. The Bertz CT molecular complexity index is 468. The van der Waals surface area contributed by atoms with Gasteiger partial charge in [0.25, 0.3) is 6.43 Å². The zero-order valence-electron chi connectivity index (χ0n) is 12.7. The van der Waals surface area contributed by atoms with Crippen LogP contribution in [0.1, 0.15) is 29.2 Å². The van der Waals surface area contributed by atoms with Crippen LogP contribution in [0, 0.1) is 12.8 Å². The predicted octanol–water partition coefficient (Wildman–Crippen LogP) is 1.93. The third-order valence-corrected chi connectivity index (χ3v) is 3.83. The normalized spacial score (nSPS) is 18.0. The van der Waals surface area contributed by atoms with Crippen LogP contribution >= 0.6 is 0 Å². The lowest BCUT2D eigenvalue weighted by Crippen LogP contribution is -2.26. The van der Waals surface area contributed by atoms with Crippen molar-refractivity contribution < 1.29 is 13.5 Å². The lowest BCUT2D eigenvalue weighted by Gasteiger charge is -2.25. The summed E-state index contributed by atoms with van der Waals surface area (Å²) in [4.78, 5) is 9.09. The van der Waals surface area contributed by atoms with Gasteiger partial charge in [-0.1, -0.05) is 0 Å². The third-order valence-electron chi connectivity index (χ3n) is 3.83. The molecular weight excluding hydrogens is 276 g/mol. The van der Waals surface area contributed by atoms with Crippen molar-refractivity contribution in [3.63, 3.8) is 0 Å². The highest BCUT2D eigenvalue weighted by atomic mass is 19.3. The maximum absolute atomic E-state index is 12.0. The van der Waals surface area contributed by atoms with Gasteiger partial charge in [-0.3, -0.25) is 0 Å². The maximum Gasteiger partial charge on any atom is 0.261 e. The van der Waals surface area contributed by atoms with Gasteiger partial charge in [0.2, 0.25) is 0 Å². The number of ether oxygens (including phenoxy) is 1. The van der Waals surface area contributed by atoms with Gasteiger partial charge in [-0.25, -0.2) is 18.7 Å². The number of aromatic nitrogens is 2. The largest absolute Gasteiger partial charge is 0.375 e. The number of halogens is 2. The summed E-state index contributed by atoms with van der Waals surface area (Å²) in [5.41, 5.74) is 3.40. The summed E-state index contributed by atoms with van der Waals surface area (Å²) in [6.07, 6.45) is 1.19. The van der Waals surface area contributed by atoms with Crippen molar-refractivity contribution in [2.24, 2.45) is 5.92 Å². The van der Waals surface area contributed by atoms with E-state index in [1.165, 1.54) is 5.56 Å². The second-order valence-electron chi connectivity index (χ2n) is 5.53. The summed E-state index contributed by atoms with van der Waals surface area (Å²) in [5.74, 6) is 1.35. The van der Waals surface area contributed by atoms with Crippen LogP contribution in [0.2, 0.25) is 0 Å². The van der Waals surface area contributed by atoms with Crippen LogP contribution < -0.4 is 5.32 Å². The molecule has 118 valence electrons. The first-order valence-corrected chi connectivity index (χ1v) is 7.46. The van der Waals surface area contributed by atoms with E-state index in [4.69, 9.17) is 4.74 Å². The lowest BCUT2D eigenvalue weighted by molar-refractivity contribution is 0.0182. The molecule has 1 atom stereocenters. The monoisotopic (exact) mass is 299 g/mol. The van der Waals surface area contributed by atoms with Gasteiger partial charge in [0.1, 0.15) is 12.4 Å². The maximum atomic E-state index is 12.0. The van der Waals surface area contributed by atoms with E-state index in [0.717, 1.165) is 37.2 Å². The number of nitrogens with zero attached hydrogens (tertiary/aromatic N) is 2. The van der Waals surface area contributed by atoms with E-state index in [-0.39, 0.29) is 6.61 Å². The van der Waals surface area contributed by atoms with Crippen LogP contribution in [0.5, 0.6) is 0 Å². The van der Waals surface area contributed by atoms with Crippen molar-refractivity contribution in [1.82, 2.24) is 15.3 Å². The summed E-state index contributed by atoms with van der Waals surface area (Å²) >= 11 is 0. The zero-order chi connectivity index (χ0) is 15.2. The average Bonchev–Trinajstić information content (AvgIpc) is 2.44. The Morgan fingerprint density at radius 1 is 1.38 bits per heavy atom. The molecule has 1 unspecified atom stereocenters. The second kappa shape index (κ2) is 7.75. The van der Waals surface area contributed by atoms with Gasteiger partial charge in [0, 0.05) is 17.8 Å². The van der Waals surface area contributed by atoms with E-state index < -0.39 is 13.0 Å². The standard InChI is InChI=1S/C15H23F2N3O/c1-10-12-7-11(8-18-2)3-4-13(12)20-15(19-10)5-6-21-9-14(16)17/h11,14,18H,3-9H2,1-2H3. The lowest BCUT2D eigenvalue weighted by atomic mass is 9.86. The molecule has 2 rings (SSSR count). The molecule has 1 heterocycles. The van der Waals surface area contributed by atoms with E-state index in [2.05, 4.69) is 15.3 Å². The molecule has 0 bridgehead atoms. The van der Waals surface area contributed by atoms with Gasteiger partial charge in [-0.05, 0) is 51.3 Å². The van der Waals surface area contributed by atoms with Crippen LogP contribution in [0.25, 0.3) is 0 Å². The highest BCUT2D eigenvalue weighted by molar-refractivity contribution is 5.28. The highest BCUT2D eigenvalue weighted by Crippen LogP contribution is 2.25. The Balaban J connectivity index is 1.96. The van der Waals surface area contributed by atoms with Gasteiger partial charge >= 0.3 is 0 Å². The van der Waals surface area contributed by atoms with E-state index in [1.54, 1.807) is 0 Å². The van der Waals surface area contributed by atoms with Crippen LogP contribution in [0.3, 0.4) is 0 Å². The minimum absolute atomic E-state index is 0.241. The Kier molecular flexibility index (Phi) is 5.99. The zero-order valence-corrected chi connectivity index (χ0v) is 12.7. The summed E-state index contributed by atoms with van der Waals surface area (Å²) < 4.78 is 28.9. The molecule has 1 aromatic rings. The molecule has 0 spiro atoms. The Labute approximate surface area is 124 Å². The number of rotatable bonds is 7. The van der Waals surface area contributed by atoms with Crippen LogP contribution in [0.4, 0.5) is 8.78 Å². The summed E-state index contributed by atoms with van der Waals surface area (Å²) in [5, 5.41) is 3.22. The van der Waals surface area contributed by atoms with E-state index >= 15 is 0 Å². The quantitative estimate of drug-likeness (QED) is 0.782. The molecule has 0 aliphatic heterocycles. The first kappa shape index (κ1) is 16.2. The summed E-state index contributed by atoms with van der Waals surface area (Å²) in [6, 6.07) is 0. The minimum atomic E-state index is -2.42. The van der Waals surface area contributed by atoms with E-state index in [9.17, 15) is 8.78 Å². The molecule has 0 saturated heterocycles. The Hall–Kier alpha value is -1.14. The summed E-state index contributed by atoms with van der Waals surface area (Å²) in [6.45, 7) is 2.74. The second-order valence-corrected chi connectivity index (χ2v) is 5.53. The Morgan fingerprint density at radius 2 is 2.19 bits per heavy atom. The fourth-order valence-corrected chi connectivity index (χ4v) is 2.83. The number of alkyl halides is 2. The molecule has 4 nitrogen and oxygen atoms in total. The van der Waals surface area contributed by atoms with Gasteiger partial charge in [0.15, 0.2) is 0 Å². The number of hydrogen-bond acceptors (Lipinski definition) is 4. The van der Waals surface area contributed by atoms with Crippen molar-refractivity contribution in [3.05, 3.63) is 22.8 Å². The molecule has 0 aromatic carbocycles. The van der Waals surface area contributed by atoms with Crippen LogP contribution in [0.15, 0.2) is 0 Å². The van der Waals surface area contributed by atoms with Gasteiger partial charge in [-0.2, -0.15) is 0 Å². The van der Waals surface area contributed by atoms with Crippen LogP contribution in [-0.4, -0.2) is 43.2 Å². The first-order valence-electron chi connectivity index (χ1n) is 7.46. The molecule has 0 radical (unpaired) electrons. The predicted molar refractivity (Wildman–Crippen MR) is 76.7 cm³/mol. The molecule has 0 fully saturated rings. The molecule has 6 heteroatoms. The molecule has 1 aliphatic rings. The number of nitrogens with one attached hydrogen (secondary N) is 1. The van der Waals surface area contributed by atoms with Gasteiger partial charge < -0.3 is 10.1 Å². The highest BCUT2D eigenvalue weighted by Gasteiger charge is 2.22. The fraction of sp³-hybridized carbons (Fsp3) is 0.733. The SMILES string of the molecule is CNCC1CCc2nc(CCOCC(F)F)nc(C)c2C1.